The van der Waals surface area contributed by atoms with Crippen molar-refractivity contribution in [1.29, 1.82) is 5.26 Å². The lowest BCUT2D eigenvalue weighted by molar-refractivity contribution is 0.187. The predicted molar refractivity (Wildman–Crippen MR) is 81.4 cm³/mol. The summed E-state index contributed by atoms with van der Waals surface area (Å²) in [5, 5.41) is 8.85. The van der Waals surface area contributed by atoms with Gasteiger partial charge in [0.15, 0.2) is 9.84 Å². The summed E-state index contributed by atoms with van der Waals surface area (Å²) in [6.45, 7) is 3.00. The topological polar surface area (TPSA) is 87.2 Å². The molecule has 0 amide bonds. The number of nitrogens with zero attached hydrogens (tertiary/aromatic N) is 2. The summed E-state index contributed by atoms with van der Waals surface area (Å²) < 4.78 is 24.7. The fraction of sp³-hybridized carbons (Fsp3) is 0.533. The van der Waals surface area contributed by atoms with Gasteiger partial charge in [-0.3, -0.25) is 0 Å². The van der Waals surface area contributed by atoms with Crippen LogP contribution in [-0.4, -0.2) is 45.2 Å². The molecular weight excluding hydrogens is 286 g/mol. The molecule has 0 aromatic heterocycles. The van der Waals surface area contributed by atoms with Crippen LogP contribution in [0.25, 0.3) is 0 Å². The maximum atomic E-state index is 12.3. The molecule has 6 heteroatoms. The maximum absolute atomic E-state index is 12.3. The van der Waals surface area contributed by atoms with E-state index in [0.29, 0.717) is 24.6 Å². The fourth-order valence-corrected chi connectivity index (χ4v) is 4.00. The van der Waals surface area contributed by atoms with Crippen molar-refractivity contribution in [2.75, 3.05) is 31.9 Å². The molecule has 21 heavy (non-hydrogen) atoms. The highest BCUT2D eigenvalue weighted by Crippen LogP contribution is 2.17. The van der Waals surface area contributed by atoms with Crippen LogP contribution in [0.5, 0.6) is 0 Å². The zero-order valence-electron chi connectivity index (χ0n) is 12.0. The van der Waals surface area contributed by atoms with Crippen molar-refractivity contribution in [3.8, 4) is 6.07 Å². The Labute approximate surface area is 126 Å². The Morgan fingerprint density at radius 2 is 2.24 bits per heavy atom. The average molecular weight is 307 g/mol. The quantitative estimate of drug-likeness (QED) is 0.877. The van der Waals surface area contributed by atoms with Crippen molar-refractivity contribution in [2.24, 2.45) is 11.7 Å². The summed E-state index contributed by atoms with van der Waals surface area (Å²) in [5.74, 6) is 0.558. The molecule has 114 valence electrons. The van der Waals surface area contributed by atoms with Gasteiger partial charge in [0.1, 0.15) is 0 Å². The van der Waals surface area contributed by atoms with Gasteiger partial charge in [0.2, 0.25) is 0 Å². The van der Waals surface area contributed by atoms with Crippen molar-refractivity contribution < 1.29 is 8.42 Å². The van der Waals surface area contributed by atoms with Crippen molar-refractivity contribution >= 4 is 9.84 Å². The number of hydrogen-bond acceptors (Lipinski definition) is 5. The first-order valence-corrected chi connectivity index (χ1v) is 8.86. The molecule has 0 bridgehead atoms. The third kappa shape index (κ3) is 4.27. The lowest BCUT2D eigenvalue weighted by atomic mass is 9.98. The van der Waals surface area contributed by atoms with Crippen LogP contribution in [0.3, 0.4) is 0 Å². The van der Waals surface area contributed by atoms with Gasteiger partial charge in [-0.15, -0.1) is 0 Å². The van der Waals surface area contributed by atoms with Gasteiger partial charge in [-0.05, 0) is 50.0 Å². The molecule has 0 aliphatic carbocycles. The van der Waals surface area contributed by atoms with Crippen LogP contribution in [0.15, 0.2) is 29.2 Å². The zero-order valence-corrected chi connectivity index (χ0v) is 12.8. The Kier molecular flexibility index (Phi) is 5.34. The molecule has 1 aromatic carbocycles. The number of nitrogens with two attached hydrogens (primary N) is 1. The maximum Gasteiger partial charge on any atom is 0.179 e. The summed E-state index contributed by atoms with van der Waals surface area (Å²) in [6.07, 6.45) is 2.20. The fourth-order valence-electron chi connectivity index (χ4n) is 2.67. The van der Waals surface area contributed by atoms with Gasteiger partial charge in [0.25, 0.3) is 0 Å². The summed E-state index contributed by atoms with van der Waals surface area (Å²) in [6, 6.07) is 8.17. The molecule has 1 aromatic rings. The van der Waals surface area contributed by atoms with Crippen LogP contribution in [0, 0.1) is 17.2 Å². The van der Waals surface area contributed by atoms with E-state index in [9.17, 15) is 8.42 Å². The van der Waals surface area contributed by atoms with Crippen LogP contribution in [0.4, 0.5) is 0 Å². The highest BCUT2D eigenvalue weighted by atomic mass is 32.2. The number of nitriles is 1. The molecule has 1 atom stereocenters. The highest BCUT2D eigenvalue weighted by Gasteiger charge is 2.21. The third-order valence-electron chi connectivity index (χ3n) is 3.93. The number of sulfone groups is 1. The van der Waals surface area contributed by atoms with E-state index in [1.54, 1.807) is 18.2 Å². The molecule has 1 aliphatic heterocycles. The van der Waals surface area contributed by atoms with Crippen molar-refractivity contribution in [3.63, 3.8) is 0 Å². The second-order valence-electron chi connectivity index (χ2n) is 5.50. The number of likely N-dealkylation sites (tertiary alicyclic amines) is 1. The first-order valence-electron chi connectivity index (χ1n) is 7.20. The lowest BCUT2D eigenvalue weighted by Crippen LogP contribution is -2.40. The van der Waals surface area contributed by atoms with Gasteiger partial charge < -0.3 is 10.6 Å². The smallest absolute Gasteiger partial charge is 0.179 e. The van der Waals surface area contributed by atoms with E-state index in [2.05, 4.69) is 4.90 Å². The van der Waals surface area contributed by atoms with E-state index in [1.165, 1.54) is 6.07 Å². The minimum absolute atomic E-state index is 0.0825. The summed E-state index contributed by atoms with van der Waals surface area (Å²) >= 11 is 0. The number of piperidine rings is 1. The number of rotatable bonds is 5. The summed E-state index contributed by atoms with van der Waals surface area (Å²) in [4.78, 5) is 2.40. The highest BCUT2D eigenvalue weighted by molar-refractivity contribution is 7.91. The van der Waals surface area contributed by atoms with Crippen LogP contribution in [-0.2, 0) is 9.84 Å². The normalized spacial score (nSPS) is 20.1. The Hall–Kier alpha value is -1.42. The van der Waals surface area contributed by atoms with Gasteiger partial charge in [0.05, 0.1) is 22.3 Å². The molecule has 2 rings (SSSR count). The van der Waals surface area contributed by atoms with Crippen LogP contribution in [0.1, 0.15) is 18.4 Å². The van der Waals surface area contributed by atoms with Gasteiger partial charge >= 0.3 is 0 Å². The monoisotopic (exact) mass is 307 g/mol. The zero-order chi connectivity index (χ0) is 15.3. The minimum Gasteiger partial charge on any atom is -0.330 e. The molecule has 0 saturated carbocycles. The number of hydrogen-bond donors (Lipinski definition) is 1. The molecule has 1 fully saturated rings. The molecule has 2 N–H and O–H groups in total. The molecule has 1 saturated heterocycles. The third-order valence-corrected chi connectivity index (χ3v) is 5.63. The predicted octanol–water partition coefficient (Wildman–Crippen LogP) is 1.00. The van der Waals surface area contributed by atoms with E-state index in [1.807, 2.05) is 6.07 Å². The Bertz CT molecular complexity index is 622. The van der Waals surface area contributed by atoms with Crippen LogP contribution < -0.4 is 5.73 Å². The molecule has 5 nitrogen and oxygen atoms in total. The van der Waals surface area contributed by atoms with Gasteiger partial charge in [-0.25, -0.2) is 8.42 Å². The second-order valence-corrected chi connectivity index (χ2v) is 7.61. The molecule has 1 heterocycles. The van der Waals surface area contributed by atoms with Crippen molar-refractivity contribution in [1.82, 2.24) is 4.90 Å². The van der Waals surface area contributed by atoms with Gasteiger partial charge in [-0.2, -0.15) is 5.26 Å². The SMILES string of the molecule is N#Cc1cccc(S(=O)(=O)CCN2CCCC(CN)C2)c1. The van der Waals surface area contributed by atoms with E-state index in [4.69, 9.17) is 11.0 Å². The molecule has 1 unspecified atom stereocenters. The first-order chi connectivity index (χ1) is 10.0. The molecular formula is C15H21N3O2S. The molecule has 0 spiro atoms. The van der Waals surface area contributed by atoms with E-state index in [0.717, 1.165) is 25.9 Å². The Morgan fingerprint density at radius 1 is 1.43 bits per heavy atom. The van der Waals surface area contributed by atoms with Crippen LogP contribution in [0.2, 0.25) is 0 Å². The largest absolute Gasteiger partial charge is 0.330 e. The van der Waals surface area contributed by atoms with Gasteiger partial charge in [0, 0.05) is 13.1 Å². The van der Waals surface area contributed by atoms with E-state index < -0.39 is 9.84 Å². The summed E-state index contributed by atoms with van der Waals surface area (Å²) in [5.41, 5.74) is 6.07. The van der Waals surface area contributed by atoms with Crippen molar-refractivity contribution in [3.05, 3.63) is 29.8 Å². The first kappa shape index (κ1) is 16.0. The number of benzene rings is 1. The Morgan fingerprint density at radius 3 is 2.95 bits per heavy atom. The standard InChI is InChI=1S/C15H21N3O2S/c16-10-13-3-1-5-15(9-13)21(19,20)8-7-18-6-2-4-14(11-17)12-18/h1,3,5,9,14H,2,4,6-8,11-12,17H2. The molecule has 0 radical (unpaired) electrons. The van der Waals surface area contributed by atoms with Crippen LogP contribution >= 0.6 is 0 Å². The van der Waals surface area contributed by atoms with Crippen molar-refractivity contribution in [2.45, 2.75) is 17.7 Å². The minimum atomic E-state index is -3.34. The van der Waals surface area contributed by atoms with Gasteiger partial charge in [-0.1, -0.05) is 6.07 Å². The average Bonchev–Trinajstić information content (AvgIpc) is 2.53. The summed E-state index contributed by atoms with van der Waals surface area (Å²) in [7, 11) is -3.34. The second kappa shape index (κ2) is 7.03. The molecule has 1 aliphatic rings. The van der Waals surface area contributed by atoms with E-state index in [-0.39, 0.29) is 10.6 Å². The lowest BCUT2D eigenvalue weighted by Gasteiger charge is -2.31. The Balaban J connectivity index is 1.99. The van der Waals surface area contributed by atoms with E-state index >= 15 is 0 Å².